The van der Waals surface area contributed by atoms with E-state index in [4.69, 9.17) is 10.5 Å². The van der Waals surface area contributed by atoms with E-state index in [2.05, 4.69) is 10.3 Å². The maximum absolute atomic E-state index is 12.2. The number of carbonyl (C=O) groups excluding carboxylic acids is 1. The summed E-state index contributed by atoms with van der Waals surface area (Å²) in [6.45, 7) is 0.387. The first kappa shape index (κ1) is 12.5. The Balaban J connectivity index is 1.68. The molecule has 2 aromatic rings. The van der Waals surface area contributed by atoms with Crippen molar-refractivity contribution in [2.45, 2.75) is 6.42 Å². The molecule has 0 bridgehead atoms. The van der Waals surface area contributed by atoms with Crippen molar-refractivity contribution in [3.8, 4) is 5.75 Å². The first-order chi connectivity index (χ1) is 9.72. The lowest BCUT2D eigenvalue weighted by molar-refractivity contribution is -0.121. The number of hydrogen-bond acceptors (Lipinski definition) is 4. The third-order valence-electron chi connectivity index (χ3n) is 3.29. The molecule has 3 N–H and O–H groups in total. The van der Waals surface area contributed by atoms with Crippen LogP contribution in [0.15, 0.2) is 42.6 Å². The van der Waals surface area contributed by atoms with Gasteiger partial charge in [0.1, 0.15) is 18.2 Å². The number of nitrogens with one attached hydrogen (secondary N) is 1. The van der Waals surface area contributed by atoms with Crippen LogP contribution in [-0.4, -0.2) is 17.5 Å². The number of aromatic nitrogens is 1. The van der Waals surface area contributed by atoms with E-state index in [9.17, 15) is 4.79 Å². The number of ether oxygens (including phenoxy) is 1. The van der Waals surface area contributed by atoms with E-state index >= 15 is 0 Å². The van der Waals surface area contributed by atoms with Gasteiger partial charge in [-0.15, -0.1) is 0 Å². The minimum absolute atomic E-state index is 0.0863. The number of nitrogens with two attached hydrogens (primary N) is 1. The summed E-state index contributed by atoms with van der Waals surface area (Å²) < 4.78 is 5.61. The number of hydrogen-bond donors (Lipinski definition) is 2. The highest BCUT2D eigenvalue weighted by atomic mass is 16.5. The molecule has 0 spiro atoms. The molecule has 0 radical (unpaired) electrons. The monoisotopic (exact) mass is 269 g/mol. The summed E-state index contributed by atoms with van der Waals surface area (Å²) in [5.74, 6) is 1.08. The molecule has 5 nitrogen and oxygen atoms in total. The van der Waals surface area contributed by atoms with E-state index < -0.39 is 0 Å². The molecule has 0 fully saturated rings. The van der Waals surface area contributed by atoms with Gasteiger partial charge in [-0.3, -0.25) is 4.79 Å². The number of amides is 1. The van der Waals surface area contributed by atoms with Gasteiger partial charge in [0.15, 0.2) is 0 Å². The molecule has 0 saturated carbocycles. The summed E-state index contributed by atoms with van der Waals surface area (Å²) in [6, 6.07) is 11.2. The molecule has 1 amide bonds. The summed E-state index contributed by atoms with van der Waals surface area (Å²) in [4.78, 5) is 16.3. The summed E-state index contributed by atoms with van der Waals surface area (Å²) in [6.07, 6.45) is 2.19. The number of rotatable bonds is 2. The summed E-state index contributed by atoms with van der Waals surface area (Å²) in [5, 5.41) is 2.78. The average molecular weight is 269 g/mol. The summed E-state index contributed by atoms with van der Waals surface area (Å²) in [5.41, 5.74) is 7.19. The smallest absolute Gasteiger partial charge is 0.232 e. The van der Waals surface area contributed by atoms with E-state index in [1.165, 1.54) is 6.20 Å². The SMILES string of the molecule is Nc1ccc(NC(=O)C2COc3ccccc3C2)nc1. The van der Waals surface area contributed by atoms with Gasteiger partial charge in [-0.2, -0.15) is 0 Å². The van der Waals surface area contributed by atoms with Crippen molar-refractivity contribution < 1.29 is 9.53 Å². The zero-order chi connectivity index (χ0) is 13.9. The Morgan fingerprint density at radius 2 is 2.15 bits per heavy atom. The minimum Gasteiger partial charge on any atom is -0.492 e. The number of benzene rings is 1. The Morgan fingerprint density at radius 1 is 1.30 bits per heavy atom. The fraction of sp³-hybridized carbons (Fsp3) is 0.200. The van der Waals surface area contributed by atoms with Crippen molar-refractivity contribution in [1.29, 1.82) is 0 Å². The quantitative estimate of drug-likeness (QED) is 0.872. The topological polar surface area (TPSA) is 77.2 Å². The van der Waals surface area contributed by atoms with E-state index in [0.29, 0.717) is 24.5 Å². The van der Waals surface area contributed by atoms with Crippen molar-refractivity contribution in [3.63, 3.8) is 0 Å². The Labute approximate surface area is 116 Å². The van der Waals surface area contributed by atoms with Crippen LogP contribution in [0.4, 0.5) is 11.5 Å². The molecule has 0 aliphatic carbocycles. The largest absolute Gasteiger partial charge is 0.492 e. The van der Waals surface area contributed by atoms with E-state index in [1.807, 2.05) is 24.3 Å². The van der Waals surface area contributed by atoms with Crippen LogP contribution in [-0.2, 0) is 11.2 Å². The molecule has 102 valence electrons. The predicted octanol–water partition coefficient (Wildman–Crippen LogP) is 1.85. The Morgan fingerprint density at radius 3 is 2.95 bits per heavy atom. The lowest BCUT2D eigenvalue weighted by Crippen LogP contribution is -2.32. The molecule has 1 unspecified atom stereocenters. The highest BCUT2D eigenvalue weighted by molar-refractivity contribution is 5.92. The van der Waals surface area contributed by atoms with Gasteiger partial charge in [0.05, 0.1) is 17.8 Å². The van der Waals surface area contributed by atoms with Crippen LogP contribution >= 0.6 is 0 Å². The third kappa shape index (κ3) is 2.56. The van der Waals surface area contributed by atoms with Gasteiger partial charge < -0.3 is 15.8 Å². The first-order valence-corrected chi connectivity index (χ1v) is 6.45. The third-order valence-corrected chi connectivity index (χ3v) is 3.29. The second kappa shape index (κ2) is 5.21. The highest BCUT2D eigenvalue weighted by Gasteiger charge is 2.25. The zero-order valence-corrected chi connectivity index (χ0v) is 10.9. The zero-order valence-electron chi connectivity index (χ0n) is 10.9. The molecular formula is C15H15N3O2. The maximum atomic E-state index is 12.2. The standard InChI is InChI=1S/C15H15N3O2/c16-12-5-6-14(17-8-12)18-15(19)11-7-10-3-1-2-4-13(10)20-9-11/h1-6,8,11H,7,9,16H2,(H,17,18,19). The van der Waals surface area contributed by atoms with E-state index in [0.717, 1.165) is 11.3 Å². The number of fused-ring (bicyclic) bond motifs is 1. The van der Waals surface area contributed by atoms with E-state index in [1.54, 1.807) is 12.1 Å². The van der Waals surface area contributed by atoms with E-state index in [-0.39, 0.29) is 11.8 Å². The summed E-state index contributed by atoms with van der Waals surface area (Å²) in [7, 11) is 0. The van der Waals surface area contributed by atoms with Crippen molar-refractivity contribution >= 4 is 17.4 Å². The second-order valence-corrected chi connectivity index (χ2v) is 4.79. The summed E-state index contributed by atoms with van der Waals surface area (Å²) >= 11 is 0. The van der Waals surface area contributed by atoms with Gasteiger partial charge >= 0.3 is 0 Å². The number of carbonyl (C=O) groups is 1. The van der Waals surface area contributed by atoms with Gasteiger partial charge in [-0.25, -0.2) is 4.98 Å². The molecule has 0 saturated heterocycles. The van der Waals surface area contributed by atoms with Gasteiger partial charge in [0.2, 0.25) is 5.91 Å². The van der Waals surface area contributed by atoms with Crippen molar-refractivity contribution in [2.24, 2.45) is 5.92 Å². The number of para-hydroxylation sites is 1. The fourth-order valence-electron chi connectivity index (χ4n) is 2.20. The lowest BCUT2D eigenvalue weighted by Gasteiger charge is -2.24. The molecule has 5 heteroatoms. The molecular weight excluding hydrogens is 254 g/mol. The molecule has 20 heavy (non-hydrogen) atoms. The molecule has 1 atom stereocenters. The molecule has 1 aromatic carbocycles. The van der Waals surface area contributed by atoms with Crippen molar-refractivity contribution in [2.75, 3.05) is 17.7 Å². The Kier molecular flexibility index (Phi) is 3.25. The van der Waals surface area contributed by atoms with Crippen LogP contribution in [0.5, 0.6) is 5.75 Å². The molecule has 2 heterocycles. The normalized spacial score (nSPS) is 16.9. The molecule has 1 aliphatic rings. The Hall–Kier alpha value is -2.56. The maximum Gasteiger partial charge on any atom is 0.232 e. The predicted molar refractivity (Wildman–Crippen MR) is 76.4 cm³/mol. The van der Waals surface area contributed by atoms with Gasteiger partial charge in [-0.05, 0) is 30.2 Å². The van der Waals surface area contributed by atoms with Crippen LogP contribution in [0, 0.1) is 5.92 Å². The molecule has 1 aromatic heterocycles. The van der Waals surface area contributed by atoms with Crippen LogP contribution in [0.2, 0.25) is 0 Å². The lowest BCUT2D eigenvalue weighted by atomic mass is 9.96. The number of nitrogens with zero attached hydrogens (tertiary/aromatic N) is 1. The van der Waals surface area contributed by atoms with Crippen LogP contribution in [0.1, 0.15) is 5.56 Å². The van der Waals surface area contributed by atoms with Gasteiger partial charge in [0, 0.05) is 0 Å². The number of pyridine rings is 1. The minimum atomic E-state index is -0.204. The molecule has 3 rings (SSSR count). The number of nitrogen functional groups attached to an aromatic ring is 1. The second-order valence-electron chi connectivity index (χ2n) is 4.79. The number of anilines is 2. The average Bonchev–Trinajstić information content (AvgIpc) is 2.49. The van der Waals surface area contributed by atoms with Crippen LogP contribution < -0.4 is 15.8 Å². The molecule has 1 aliphatic heterocycles. The first-order valence-electron chi connectivity index (χ1n) is 6.45. The van der Waals surface area contributed by atoms with Crippen molar-refractivity contribution in [3.05, 3.63) is 48.2 Å². The van der Waals surface area contributed by atoms with Gasteiger partial charge in [-0.1, -0.05) is 18.2 Å². The van der Waals surface area contributed by atoms with Crippen LogP contribution in [0.3, 0.4) is 0 Å². The van der Waals surface area contributed by atoms with Crippen LogP contribution in [0.25, 0.3) is 0 Å². The van der Waals surface area contributed by atoms with Crippen molar-refractivity contribution in [1.82, 2.24) is 4.98 Å². The fourth-order valence-corrected chi connectivity index (χ4v) is 2.20. The van der Waals surface area contributed by atoms with Gasteiger partial charge in [0.25, 0.3) is 0 Å². The highest BCUT2D eigenvalue weighted by Crippen LogP contribution is 2.27. The Bertz CT molecular complexity index is 625.